The molecule has 0 amide bonds. The Bertz CT molecular complexity index is 106. The predicted molar refractivity (Wildman–Crippen MR) is 36.6 cm³/mol. The van der Waals surface area contributed by atoms with Gasteiger partial charge < -0.3 is 0 Å². The summed E-state index contributed by atoms with van der Waals surface area (Å²) in [5.41, 5.74) is 0. The first-order valence-electron chi connectivity index (χ1n) is 3.79. The second kappa shape index (κ2) is 2.68. The molecule has 4 aliphatic rings. The van der Waals surface area contributed by atoms with Crippen molar-refractivity contribution in [3.05, 3.63) is 0 Å². The molecule has 5 heteroatoms. The van der Waals surface area contributed by atoms with Gasteiger partial charge in [0, 0.05) is 16.5 Å². The fourth-order valence-corrected chi connectivity index (χ4v) is 2.23. The van der Waals surface area contributed by atoms with Crippen molar-refractivity contribution in [2.24, 2.45) is 0 Å². The van der Waals surface area contributed by atoms with Gasteiger partial charge in [0.1, 0.15) is 0 Å². The number of rotatable bonds is 0. The van der Waals surface area contributed by atoms with Crippen LogP contribution in [0.3, 0.4) is 0 Å². The van der Waals surface area contributed by atoms with Gasteiger partial charge in [-0.05, 0) is 0 Å². The number of nitrogens with zero attached hydrogens (tertiary/aromatic N) is 4. The summed E-state index contributed by atoms with van der Waals surface area (Å²) < 4.78 is 0. The topological polar surface area (TPSA) is 13.0 Å². The minimum atomic E-state index is 0. The Morgan fingerprint density at radius 3 is 0.818 bits per heavy atom. The largest absolute Gasteiger partial charge is 0.264 e. The van der Waals surface area contributed by atoms with Crippen LogP contribution in [0.15, 0.2) is 0 Å². The maximum atomic E-state index is 2.47. The summed E-state index contributed by atoms with van der Waals surface area (Å²) in [5.74, 6) is 0. The molecule has 0 unspecified atom stereocenters. The first kappa shape index (κ1) is 7.96. The van der Waals surface area contributed by atoms with Gasteiger partial charge in [0.2, 0.25) is 0 Å². The molecular formula is C6H12N4Ni. The maximum Gasteiger partial charge on any atom is 0.0555 e. The van der Waals surface area contributed by atoms with E-state index in [-0.39, 0.29) is 16.5 Å². The van der Waals surface area contributed by atoms with Crippen molar-refractivity contribution in [2.45, 2.75) is 0 Å². The molecule has 0 aromatic rings. The fraction of sp³-hybridized carbons (Fsp3) is 1.00. The Morgan fingerprint density at radius 1 is 0.455 bits per heavy atom. The van der Waals surface area contributed by atoms with E-state index in [4.69, 9.17) is 0 Å². The van der Waals surface area contributed by atoms with E-state index in [2.05, 4.69) is 19.6 Å². The molecule has 11 heavy (non-hydrogen) atoms. The van der Waals surface area contributed by atoms with Gasteiger partial charge in [-0.25, -0.2) is 0 Å². The average molecular weight is 199 g/mol. The summed E-state index contributed by atoms with van der Waals surface area (Å²) in [4.78, 5) is 9.88. The van der Waals surface area contributed by atoms with E-state index in [0.717, 1.165) is 0 Å². The fourth-order valence-electron chi connectivity index (χ4n) is 2.23. The third-order valence-electron chi connectivity index (χ3n) is 2.40. The van der Waals surface area contributed by atoms with Crippen LogP contribution in [0.25, 0.3) is 0 Å². The molecule has 0 saturated carbocycles. The van der Waals surface area contributed by atoms with Crippen LogP contribution in [0.5, 0.6) is 0 Å². The van der Waals surface area contributed by atoms with Gasteiger partial charge in [-0.15, -0.1) is 0 Å². The molecule has 4 bridgehead atoms. The Hall–Kier alpha value is 0.334. The van der Waals surface area contributed by atoms with E-state index in [1.165, 1.54) is 40.0 Å². The van der Waals surface area contributed by atoms with Crippen molar-refractivity contribution in [2.75, 3.05) is 40.0 Å². The van der Waals surface area contributed by atoms with Crippen molar-refractivity contribution >= 4 is 0 Å². The van der Waals surface area contributed by atoms with Crippen molar-refractivity contribution in [3.63, 3.8) is 0 Å². The van der Waals surface area contributed by atoms with E-state index in [1.807, 2.05) is 0 Å². The van der Waals surface area contributed by atoms with Crippen LogP contribution in [-0.2, 0) is 16.5 Å². The molecule has 4 saturated heterocycles. The molecule has 4 nitrogen and oxygen atoms in total. The minimum absolute atomic E-state index is 0. The summed E-state index contributed by atoms with van der Waals surface area (Å²) in [5, 5.41) is 0. The zero-order valence-electron chi connectivity index (χ0n) is 6.35. The van der Waals surface area contributed by atoms with Crippen molar-refractivity contribution in [3.8, 4) is 0 Å². The summed E-state index contributed by atoms with van der Waals surface area (Å²) in [7, 11) is 0. The van der Waals surface area contributed by atoms with E-state index in [0.29, 0.717) is 0 Å². The third-order valence-corrected chi connectivity index (χ3v) is 2.40. The van der Waals surface area contributed by atoms with Gasteiger partial charge in [-0.3, -0.25) is 19.6 Å². The van der Waals surface area contributed by atoms with Crippen LogP contribution < -0.4 is 0 Å². The van der Waals surface area contributed by atoms with Gasteiger partial charge in [0.05, 0.1) is 40.0 Å². The van der Waals surface area contributed by atoms with Crippen molar-refractivity contribution < 1.29 is 16.5 Å². The maximum absolute atomic E-state index is 2.47. The normalized spacial score (nSPS) is 52.4. The Morgan fingerprint density at radius 2 is 0.636 bits per heavy atom. The van der Waals surface area contributed by atoms with E-state index < -0.39 is 0 Å². The van der Waals surface area contributed by atoms with Crippen LogP contribution in [0.1, 0.15) is 0 Å². The molecule has 0 atom stereocenters. The molecule has 0 N–H and O–H groups in total. The standard InChI is InChI=1S/C6H12N4.Ni/c1-7-2-9-4-8(1)5-10(3-7)6-9;/h1-6H2;. The minimum Gasteiger partial charge on any atom is -0.264 e. The molecule has 4 aliphatic heterocycles. The quantitative estimate of drug-likeness (QED) is 0.462. The molecule has 4 rings (SSSR count). The molecule has 0 aromatic carbocycles. The van der Waals surface area contributed by atoms with Gasteiger partial charge in [0.25, 0.3) is 0 Å². The molecular weight excluding hydrogens is 187 g/mol. The van der Waals surface area contributed by atoms with Gasteiger partial charge in [-0.2, -0.15) is 0 Å². The number of hydrogen-bond acceptors (Lipinski definition) is 4. The summed E-state index contributed by atoms with van der Waals surface area (Å²) in [6, 6.07) is 0. The van der Waals surface area contributed by atoms with Gasteiger partial charge in [0.15, 0.2) is 0 Å². The molecule has 4 fully saturated rings. The predicted octanol–water partition coefficient (Wildman–Crippen LogP) is -1.02. The van der Waals surface area contributed by atoms with Crippen LogP contribution in [0.4, 0.5) is 0 Å². The first-order chi connectivity index (χ1) is 4.90. The van der Waals surface area contributed by atoms with E-state index in [9.17, 15) is 0 Å². The Kier molecular flexibility index (Phi) is 1.94. The molecule has 0 spiro atoms. The Labute approximate surface area is 76.6 Å². The molecule has 0 aromatic heterocycles. The first-order valence-corrected chi connectivity index (χ1v) is 3.79. The van der Waals surface area contributed by atoms with Crippen LogP contribution in [-0.4, -0.2) is 59.6 Å². The molecule has 0 radical (unpaired) electrons. The van der Waals surface area contributed by atoms with Crippen LogP contribution in [0, 0.1) is 0 Å². The third kappa shape index (κ3) is 1.21. The van der Waals surface area contributed by atoms with E-state index in [1.54, 1.807) is 0 Å². The second-order valence-electron chi connectivity index (χ2n) is 3.53. The van der Waals surface area contributed by atoms with Gasteiger partial charge in [-0.1, -0.05) is 0 Å². The van der Waals surface area contributed by atoms with E-state index >= 15 is 0 Å². The van der Waals surface area contributed by atoms with Crippen LogP contribution in [0.2, 0.25) is 0 Å². The summed E-state index contributed by atoms with van der Waals surface area (Å²) in [6.45, 7) is 7.12. The SMILES string of the molecule is C1N2CN3CN1CN(C2)C3.[Ni]. The second-order valence-corrected chi connectivity index (χ2v) is 3.53. The monoisotopic (exact) mass is 198 g/mol. The smallest absolute Gasteiger partial charge is 0.0555 e. The zero-order chi connectivity index (χ0) is 6.55. The number of hydrogen-bond donors (Lipinski definition) is 0. The zero-order valence-corrected chi connectivity index (χ0v) is 7.34. The van der Waals surface area contributed by atoms with Crippen molar-refractivity contribution in [1.29, 1.82) is 0 Å². The average Bonchev–Trinajstić information content (AvgIpc) is 1.82. The molecule has 4 heterocycles. The van der Waals surface area contributed by atoms with Gasteiger partial charge >= 0.3 is 0 Å². The molecule has 66 valence electrons. The van der Waals surface area contributed by atoms with Crippen molar-refractivity contribution in [1.82, 2.24) is 19.6 Å². The Balaban J connectivity index is 0.000000480. The van der Waals surface area contributed by atoms with Crippen LogP contribution >= 0.6 is 0 Å². The molecule has 0 aliphatic carbocycles. The summed E-state index contributed by atoms with van der Waals surface area (Å²) >= 11 is 0. The summed E-state index contributed by atoms with van der Waals surface area (Å²) in [6.07, 6.45) is 0.